The molecular weight excluding hydrogens is 487 g/mol. The van der Waals surface area contributed by atoms with Gasteiger partial charge < -0.3 is 10.6 Å². The van der Waals surface area contributed by atoms with Gasteiger partial charge in [-0.3, -0.25) is 9.69 Å². The number of halogens is 2. The van der Waals surface area contributed by atoms with Crippen LogP contribution in [0.2, 0.25) is 10.0 Å². The molecule has 3 heterocycles. The number of nitrogens with zero attached hydrogens (tertiary/aromatic N) is 4. The maximum atomic E-state index is 12.6. The van der Waals surface area contributed by atoms with E-state index in [1.807, 2.05) is 4.90 Å². The fraction of sp³-hybridized carbons (Fsp3) is 0.238. The van der Waals surface area contributed by atoms with E-state index in [1.54, 1.807) is 48.8 Å². The van der Waals surface area contributed by atoms with Crippen molar-refractivity contribution in [2.45, 2.75) is 6.54 Å². The highest BCUT2D eigenvalue weighted by Crippen LogP contribution is 2.26. The van der Waals surface area contributed by atoms with Crippen molar-refractivity contribution in [3.8, 4) is 0 Å². The molecule has 1 aliphatic rings. The number of benzene rings is 1. The molecule has 0 atom stereocenters. The Morgan fingerprint density at radius 1 is 1.00 bits per heavy atom. The summed E-state index contributed by atoms with van der Waals surface area (Å²) in [7, 11) is -2.94. The van der Waals surface area contributed by atoms with Crippen molar-refractivity contribution >= 4 is 56.3 Å². The van der Waals surface area contributed by atoms with E-state index < -0.39 is 15.7 Å². The largest absolute Gasteiger partial charge is 0.325 e. The minimum absolute atomic E-state index is 0.146. The van der Waals surface area contributed by atoms with Crippen LogP contribution in [0.3, 0.4) is 0 Å². The van der Waals surface area contributed by atoms with Crippen LogP contribution >= 0.6 is 23.2 Å². The van der Waals surface area contributed by atoms with Gasteiger partial charge in [0.15, 0.2) is 9.84 Å². The number of amides is 1. The Kier molecular flexibility index (Phi) is 7.08. The minimum atomic E-state index is -2.94. The molecule has 1 aliphatic heterocycles. The Labute approximate surface area is 201 Å². The highest BCUT2D eigenvalue weighted by atomic mass is 35.5. The quantitative estimate of drug-likeness (QED) is 0.522. The number of sulfone groups is 1. The molecule has 3 aromatic rings. The average molecular weight is 507 g/mol. The number of anilines is 3. The summed E-state index contributed by atoms with van der Waals surface area (Å²) in [6, 6.07) is 9.85. The molecule has 0 aliphatic carbocycles. The van der Waals surface area contributed by atoms with Crippen LogP contribution in [0.4, 0.5) is 17.3 Å². The molecule has 9 nitrogen and oxygen atoms in total. The molecule has 12 heteroatoms. The van der Waals surface area contributed by atoms with E-state index in [1.165, 1.54) is 0 Å². The first kappa shape index (κ1) is 23.4. The second-order valence-corrected chi connectivity index (χ2v) is 10.5. The van der Waals surface area contributed by atoms with Gasteiger partial charge in [-0.1, -0.05) is 29.3 Å². The summed E-state index contributed by atoms with van der Waals surface area (Å²) in [6.45, 7) is 1.37. The number of nitrogens with one attached hydrogen (secondary N) is 2. The van der Waals surface area contributed by atoms with E-state index in [0.717, 1.165) is 0 Å². The third-order valence-corrected chi connectivity index (χ3v) is 7.21. The fourth-order valence-electron chi connectivity index (χ4n) is 3.27. The van der Waals surface area contributed by atoms with Gasteiger partial charge in [-0.25, -0.2) is 23.4 Å². The molecule has 33 heavy (non-hydrogen) atoms. The molecule has 1 amide bonds. The molecule has 172 valence electrons. The molecule has 0 spiro atoms. The molecule has 0 unspecified atom stereocenters. The Morgan fingerprint density at radius 2 is 1.70 bits per heavy atom. The molecule has 2 aromatic heterocycles. The second-order valence-electron chi connectivity index (χ2n) is 7.39. The molecule has 1 saturated heterocycles. The summed E-state index contributed by atoms with van der Waals surface area (Å²) < 4.78 is 23.2. The van der Waals surface area contributed by atoms with Crippen molar-refractivity contribution in [2.24, 2.45) is 0 Å². The lowest BCUT2D eigenvalue weighted by Gasteiger charge is -2.25. The van der Waals surface area contributed by atoms with E-state index in [9.17, 15) is 13.2 Å². The van der Waals surface area contributed by atoms with Gasteiger partial charge in [0.05, 0.1) is 33.7 Å². The van der Waals surface area contributed by atoms with E-state index in [2.05, 4.69) is 25.6 Å². The Hall–Kier alpha value is -2.79. The summed E-state index contributed by atoms with van der Waals surface area (Å²) in [5.74, 6) is 1.41. The van der Waals surface area contributed by atoms with Gasteiger partial charge in [-0.15, -0.1) is 0 Å². The maximum Gasteiger partial charge on any atom is 0.258 e. The topological polar surface area (TPSA) is 117 Å². The predicted octanol–water partition coefficient (Wildman–Crippen LogP) is 3.40. The van der Waals surface area contributed by atoms with Crippen LogP contribution in [0.15, 0.2) is 48.8 Å². The first-order valence-corrected chi connectivity index (χ1v) is 12.6. The van der Waals surface area contributed by atoms with Crippen LogP contribution in [-0.2, 0) is 16.4 Å². The number of carbonyl (C=O) groups is 1. The van der Waals surface area contributed by atoms with Crippen molar-refractivity contribution in [2.75, 3.05) is 35.2 Å². The molecule has 4 rings (SSSR count). The number of hydrogen-bond acceptors (Lipinski definition) is 8. The van der Waals surface area contributed by atoms with Gasteiger partial charge in [0.25, 0.3) is 5.91 Å². The van der Waals surface area contributed by atoms with Crippen LogP contribution < -0.4 is 10.6 Å². The number of carbonyl (C=O) groups excluding carboxylic acids is 1. The summed E-state index contributed by atoms with van der Waals surface area (Å²) in [5.41, 5.74) is 0.690. The van der Waals surface area contributed by atoms with Gasteiger partial charge in [0, 0.05) is 37.2 Å². The molecule has 0 saturated carbocycles. The Bertz CT molecular complexity index is 1250. The zero-order valence-electron chi connectivity index (χ0n) is 17.3. The van der Waals surface area contributed by atoms with E-state index >= 15 is 0 Å². The molecule has 0 bridgehead atoms. The van der Waals surface area contributed by atoms with Crippen LogP contribution in [0.1, 0.15) is 16.2 Å². The third kappa shape index (κ3) is 6.17. The smallest absolute Gasteiger partial charge is 0.258 e. The molecule has 1 aromatic carbocycles. The molecule has 1 fully saturated rings. The zero-order chi connectivity index (χ0) is 23.4. The van der Waals surface area contributed by atoms with Crippen LogP contribution in [0.25, 0.3) is 0 Å². The SMILES string of the molecule is O=C(Nc1ccnc(Nc2ccnc(CN3CCS(=O)(=O)CC3)n2)c1)c1c(Cl)cccc1Cl. The summed E-state index contributed by atoms with van der Waals surface area (Å²) in [5, 5.41) is 6.37. The molecule has 2 N–H and O–H groups in total. The van der Waals surface area contributed by atoms with Gasteiger partial charge in [0.1, 0.15) is 17.5 Å². The lowest BCUT2D eigenvalue weighted by molar-refractivity contribution is 0.102. The number of hydrogen-bond donors (Lipinski definition) is 2. The first-order valence-electron chi connectivity index (χ1n) is 10.0. The van der Waals surface area contributed by atoms with Crippen molar-refractivity contribution in [1.29, 1.82) is 0 Å². The van der Waals surface area contributed by atoms with Gasteiger partial charge >= 0.3 is 0 Å². The van der Waals surface area contributed by atoms with Crippen molar-refractivity contribution in [1.82, 2.24) is 19.9 Å². The van der Waals surface area contributed by atoms with Crippen LogP contribution in [0.5, 0.6) is 0 Å². The average Bonchev–Trinajstić information content (AvgIpc) is 2.76. The van der Waals surface area contributed by atoms with Gasteiger partial charge in [-0.2, -0.15) is 0 Å². The Balaban J connectivity index is 1.42. The van der Waals surface area contributed by atoms with Crippen molar-refractivity contribution in [3.63, 3.8) is 0 Å². The number of rotatable bonds is 6. The van der Waals surface area contributed by atoms with E-state index in [0.29, 0.717) is 42.8 Å². The first-order chi connectivity index (χ1) is 15.8. The fourth-order valence-corrected chi connectivity index (χ4v) is 5.12. The Morgan fingerprint density at radius 3 is 2.42 bits per heavy atom. The second kappa shape index (κ2) is 10.0. The highest BCUT2D eigenvalue weighted by molar-refractivity contribution is 7.91. The monoisotopic (exact) mass is 506 g/mol. The van der Waals surface area contributed by atoms with Crippen LogP contribution in [0, 0.1) is 0 Å². The normalized spacial score (nSPS) is 15.7. The van der Waals surface area contributed by atoms with Crippen molar-refractivity contribution < 1.29 is 13.2 Å². The van der Waals surface area contributed by atoms with Gasteiger partial charge in [0.2, 0.25) is 0 Å². The summed E-state index contributed by atoms with van der Waals surface area (Å²) >= 11 is 12.2. The zero-order valence-corrected chi connectivity index (χ0v) is 19.7. The molecule has 0 radical (unpaired) electrons. The van der Waals surface area contributed by atoms with E-state index in [4.69, 9.17) is 23.2 Å². The molecular formula is C21H20Cl2N6O3S. The minimum Gasteiger partial charge on any atom is -0.325 e. The predicted molar refractivity (Wildman–Crippen MR) is 128 cm³/mol. The number of aromatic nitrogens is 3. The number of pyridine rings is 1. The highest BCUT2D eigenvalue weighted by Gasteiger charge is 2.22. The van der Waals surface area contributed by atoms with Crippen LogP contribution in [-0.4, -0.2) is 58.8 Å². The standard InChI is InChI=1S/C21H20Cl2N6O3S/c22-15-2-1-3-16(23)20(15)21(30)26-14-4-6-24-18(12-14)27-17-5-7-25-19(28-17)13-29-8-10-33(31,32)11-9-29/h1-7,12H,8-11,13H2,(H2,24,25,26,27,28,30). The summed E-state index contributed by atoms with van der Waals surface area (Å²) in [4.78, 5) is 27.6. The van der Waals surface area contributed by atoms with Gasteiger partial charge in [-0.05, 0) is 24.3 Å². The summed E-state index contributed by atoms with van der Waals surface area (Å²) in [6.07, 6.45) is 3.17. The van der Waals surface area contributed by atoms with Crippen molar-refractivity contribution in [3.05, 3.63) is 70.2 Å². The lowest BCUT2D eigenvalue weighted by atomic mass is 10.2. The maximum absolute atomic E-state index is 12.6. The third-order valence-electron chi connectivity index (χ3n) is 4.97. The van der Waals surface area contributed by atoms with E-state index in [-0.39, 0.29) is 27.1 Å². The lowest BCUT2D eigenvalue weighted by Crippen LogP contribution is -2.40.